The lowest BCUT2D eigenvalue weighted by atomic mass is 9.96. The Bertz CT molecular complexity index is 1650. The van der Waals surface area contributed by atoms with Gasteiger partial charge < -0.3 is 15.0 Å². The Kier molecular flexibility index (Phi) is 9.81. The van der Waals surface area contributed by atoms with Crippen molar-refractivity contribution in [1.82, 2.24) is 20.1 Å². The Morgan fingerprint density at radius 2 is 1.76 bits per heavy atom. The summed E-state index contributed by atoms with van der Waals surface area (Å²) in [5, 5.41) is 8.16. The van der Waals surface area contributed by atoms with Crippen LogP contribution in [0.1, 0.15) is 47.9 Å². The Hall–Kier alpha value is -4.32. The van der Waals surface area contributed by atoms with E-state index < -0.39 is 6.36 Å². The summed E-state index contributed by atoms with van der Waals surface area (Å²) in [7, 11) is 0. The van der Waals surface area contributed by atoms with Crippen LogP contribution in [-0.4, -0.2) is 51.2 Å². The van der Waals surface area contributed by atoms with E-state index in [1.807, 2.05) is 24.3 Å². The summed E-state index contributed by atoms with van der Waals surface area (Å²) in [6, 6.07) is 17.3. The molecule has 45 heavy (non-hydrogen) atoms. The number of aromatic nitrogens is 3. The molecule has 0 aliphatic carbocycles. The van der Waals surface area contributed by atoms with E-state index in [0.29, 0.717) is 18.1 Å². The number of carbonyl (C=O) groups excluding carboxylic acids is 1. The number of halogens is 3. The van der Waals surface area contributed by atoms with E-state index in [0.717, 1.165) is 47.1 Å². The molecule has 236 valence electrons. The molecule has 8 nitrogen and oxygen atoms in total. The monoisotopic (exact) mass is 636 g/mol. The molecule has 1 saturated heterocycles. The Morgan fingerprint density at radius 3 is 2.42 bits per heavy atom. The Labute approximate surface area is 264 Å². The maximum absolute atomic E-state index is 12.8. The summed E-state index contributed by atoms with van der Waals surface area (Å²) >= 11 is 1.62. The number of benzene rings is 3. The zero-order valence-corrected chi connectivity index (χ0v) is 26.4. The lowest BCUT2D eigenvalue weighted by Gasteiger charge is -2.32. The minimum atomic E-state index is -4.74. The number of amidine groups is 1. The van der Waals surface area contributed by atoms with Crippen LogP contribution in [0.5, 0.6) is 5.75 Å². The average molecular weight is 637 g/mol. The van der Waals surface area contributed by atoms with E-state index >= 15 is 0 Å². The molecule has 0 bridgehead atoms. The first kappa shape index (κ1) is 32.1. The van der Waals surface area contributed by atoms with Gasteiger partial charge in [-0.05, 0) is 80.5 Å². The molecule has 0 saturated carbocycles. The minimum absolute atomic E-state index is 0.188. The first-order valence-corrected chi connectivity index (χ1v) is 15.7. The molecule has 3 aromatic carbocycles. The molecule has 12 heteroatoms. The zero-order valence-electron chi connectivity index (χ0n) is 25.6. The SMILES string of the molecule is Cc1cc(C)c(N2CCCSC2=NC(=O)NCCC(C)c2ccc(-c3ncn(-c4ccc(OC(F)(F)F)cc4)n3)cc2)c(C)c1. The number of aryl methyl sites for hydroxylation is 3. The molecule has 5 rings (SSSR count). The molecule has 4 aromatic rings. The summed E-state index contributed by atoms with van der Waals surface area (Å²) in [5.41, 5.74) is 7.18. The van der Waals surface area contributed by atoms with Gasteiger partial charge in [0.1, 0.15) is 12.1 Å². The van der Waals surface area contributed by atoms with Crippen molar-refractivity contribution in [2.45, 2.75) is 52.8 Å². The van der Waals surface area contributed by atoms with Crippen molar-refractivity contribution in [3.05, 3.63) is 89.2 Å². The molecule has 2 heterocycles. The fraction of sp³-hybridized carbons (Fsp3) is 0.333. The van der Waals surface area contributed by atoms with Crippen LogP contribution in [0.2, 0.25) is 0 Å². The summed E-state index contributed by atoms with van der Waals surface area (Å²) in [6.45, 7) is 9.73. The van der Waals surface area contributed by atoms with Crippen LogP contribution in [0.3, 0.4) is 0 Å². The van der Waals surface area contributed by atoms with Crippen molar-refractivity contribution < 1.29 is 22.7 Å². The standard InChI is InChI=1S/C33H35F3N6O2S/c1-21-18-23(3)29(24(4)19-21)41-16-5-17-45-32(41)39-31(43)37-15-14-22(2)25-6-8-26(9-7-25)30-38-20-42(40-30)27-10-12-28(13-11-27)44-33(34,35)36/h6-13,18-20,22H,5,14-17H2,1-4H3,(H,37,43). The van der Waals surface area contributed by atoms with E-state index in [1.165, 1.54) is 52.0 Å². The molecule has 1 aliphatic rings. The number of rotatable bonds is 8. The third-order valence-corrected chi connectivity index (χ3v) is 8.57. The number of ether oxygens (including phenoxy) is 1. The highest BCUT2D eigenvalue weighted by atomic mass is 32.2. The zero-order chi connectivity index (χ0) is 32.1. The number of hydrogen-bond acceptors (Lipinski definition) is 5. The Balaban J connectivity index is 1.15. The summed E-state index contributed by atoms with van der Waals surface area (Å²) in [6.07, 6.45) is -1.47. The van der Waals surface area contributed by atoms with Crippen molar-refractivity contribution in [3.63, 3.8) is 0 Å². The molecule has 1 fully saturated rings. The van der Waals surface area contributed by atoms with Crippen molar-refractivity contribution in [2.75, 3.05) is 23.7 Å². The number of nitrogens with one attached hydrogen (secondary N) is 1. The largest absolute Gasteiger partial charge is 0.573 e. The highest BCUT2D eigenvalue weighted by molar-refractivity contribution is 8.14. The predicted octanol–water partition coefficient (Wildman–Crippen LogP) is 7.96. The quantitative estimate of drug-likeness (QED) is 0.211. The number of aliphatic imine (C=N–C) groups is 1. The number of thioether (sulfide) groups is 1. The maximum Gasteiger partial charge on any atom is 0.573 e. The van der Waals surface area contributed by atoms with Gasteiger partial charge >= 0.3 is 12.4 Å². The first-order chi connectivity index (χ1) is 21.5. The van der Waals surface area contributed by atoms with Gasteiger partial charge in [-0.25, -0.2) is 14.5 Å². The predicted molar refractivity (Wildman–Crippen MR) is 172 cm³/mol. The smallest absolute Gasteiger partial charge is 0.406 e. The van der Waals surface area contributed by atoms with E-state index in [-0.39, 0.29) is 17.7 Å². The van der Waals surface area contributed by atoms with Crippen molar-refractivity contribution in [1.29, 1.82) is 0 Å². The van der Waals surface area contributed by atoms with Crippen LogP contribution in [0, 0.1) is 20.8 Å². The number of carbonyl (C=O) groups is 1. The molecular weight excluding hydrogens is 601 g/mol. The molecule has 0 radical (unpaired) electrons. The van der Waals surface area contributed by atoms with Crippen LogP contribution in [0.15, 0.2) is 72.0 Å². The molecule has 1 aromatic heterocycles. The van der Waals surface area contributed by atoms with E-state index in [2.05, 4.69) is 69.9 Å². The molecule has 0 spiro atoms. The second-order valence-corrected chi connectivity index (χ2v) is 12.2. The number of nitrogens with zero attached hydrogens (tertiary/aromatic N) is 5. The molecular formula is C33H35F3N6O2S. The number of hydrogen-bond donors (Lipinski definition) is 1. The second-order valence-electron chi connectivity index (χ2n) is 11.1. The lowest BCUT2D eigenvalue weighted by Crippen LogP contribution is -2.37. The summed E-state index contributed by atoms with van der Waals surface area (Å²) in [5.74, 6) is 1.31. The van der Waals surface area contributed by atoms with Crippen LogP contribution < -0.4 is 15.0 Å². The second kappa shape index (κ2) is 13.8. The van der Waals surface area contributed by atoms with Crippen molar-refractivity contribution >= 4 is 28.6 Å². The van der Waals surface area contributed by atoms with Crippen LogP contribution in [0.25, 0.3) is 17.1 Å². The third-order valence-electron chi connectivity index (χ3n) is 7.51. The lowest BCUT2D eigenvalue weighted by molar-refractivity contribution is -0.274. The number of urea groups is 1. The van der Waals surface area contributed by atoms with Gasteiger partial charge in [-0.1, -0.05) is 60.6 Å². The van der Waals surface area contributed by atoms with Gasteiger partial charge in [0.05, 0.1) is 5.69 Å². The molecule has 1 aliphatic heterocycles. The summed E-state index contributed by atoms with van der Waals surface area (Å²) in [4.78, 5) is 23.8. The van der Waals surface area contributed by atoms with Gasteiger partial charge in [0.15, 0.2) is 11.0 Å². The number of alkyl halides is 3. The fourth-order valence-corrected chi connectivity index (χ4v) is 6.37. The van der Waals surface area contributed by atoms with Gasteiger partial charge in [0.25, 0.3) is 0 Å². The van der Waals surface area contributed by atoms with Gasteiger partial charge in [0.2, 0.25) is 0 Å². The van der Waals surface area contributed by atoms with Crippen LogP contribution in [0.4, 0.5) is 23.7 Å². The van der Waals surface area contributed by atoms with Gasteiger partial charge in [0, 0.05) is 30.1 Å². The van der Waals surface area contributed by atoms with E-state index in [9.17, 15) is 18.0 Å². The van der Waals surface area contributed by atoms with Crippen LogP contribution >= 0.6 is 11.8 Å². The highest BCUT2D eigenvalue weighted by Gasteiger charge is 2.31. The van der Waals surface area contributed by atoms with E-state index in [1.54, 1.807) is 11.8 Å². The minimum Gasteiger partial charge on any atom is -0.406 e. The topological polar surface area (TPSA) is 84.6 Å². The van der Waals surface area contributed by atoms with E-state index in [4.69, 9.17) is 0 Å². The van der Waals surface area contributed by atoms with Crippen molar-refractivity contribution in [2.24, 2.45) is 4.99 Å². The normalized spacial score (nSPS) is 15.3. The van der Waals surface area contributed by atoms with Gasteiger partial charge in [-0.15, -0.1) is 18.3 Å². The summed E-state index contributed by atoms with van der Waals surface area (Å²) < 4.78 is 42.7. The highest BCUT2D eigenvalue weighted by Crippen LogP contribution is 2.32. The van der Waals surface area contributed by atoms with Gasteiger partial charge in [-0.2, -0.15) is 4.99 Å². The van der Waals surface area contributed by atoms with Crippen molar-refractivity contribution in [3.8, 4) is 22.8 Å². The Morgan fingerprint density at radius 1 is 1.07 bits per heavy atom. The third kappa shape index (κ3) is 8.24. The molecule has 1 unspecified atom stereocenters. The fourth-order valence-electron chi connectivity index (χ4n) is 5.43. The van der Waals surface area contributed by atoms with Crippen LogP contribution in [-0.2, 0) is 0 Å². The number of anilines is 1. The van der Waals surface area contributed by atoms with Gasteiger partial charge in [-0.3, -0.25) is 0 Å². The molecule has 1 N–H and O–H groups in total. The maximum atomic E-state index is 12.8. The average Bonchev–Trinajstić information content (AvgIpc) is 3.48. The molecule has 1 atom stereocenters. The molecule has 2 amide bonds. The first-order valence-electron chi connectivity index (χ1n) is 14.7. The number of amides is 2.